The maximum Gasteiger partial charge on any atom is 0.253 e. The summed E-state index contributed by atoms with van der Waals surface area (Å²) in [6.07, 6.45) is 0. The van der Waals surface area contributed by atoms with Crippen molar-refractivity contribution in [1.29, 1.82) is 0 Å². The number of aromatic nitrogens is 4. The number of para-hydroxylation sites is 2. The van der Waals surface area contributed by atoms with Crippen molar-refractivity contribution in [2.75, 3.05) is 0 Å². The van der Waals surface area contributed by atoms with Crippen LogP contribution in [-0.4, -0.2) is 19.6 Å². The molecule has 12 aromatic rings. The van der Waals surface area contributed by atoms with Crippen molar-refractivity contribution >= 4 is 70.9 Å². The Balaban J connectivity index is 0.939. The molecular weight excluding hydrogens is 685 g/mol. The molecule has 5 heteroatoms. The molecule has 12 rings (SSSR count). The molecule has 0 aliphatic rings. The predicted octanol–water partition coefficient (Wildman–Crippen LogP) is 13.3. The van der Waals surface area contributed by atoms with Crippen LogP contribution < -0.4 is 0 Å². The Morgan fingerprint density at radius 3 is 1.59 bits per heavy atom. The molecule has 0 bridgehead atoms. The summed E-state index contributed by atoms with van der Waals surface area (Å²) in [5.41, 5.74) is 9.97. The molecule has 5 nitrogen and oxygen atoms in total. The van der Waals surface area contributed by atoms with Gasteiger partial charge in [-0.1, -0.05) is 140 Å². The number of nitrogens with zero attached hydrogens (tertiary/aromatic N) is 4. The first-order valence-electron chi connectivity index (χ1n) is 18.9. The van der Waals surface area contributed by atoms with E-state index in [0.717, 1.165) is 60.8 Å². The molecule has 3 heterocycles. The molecule has 0 spiro atoms. The summed E-state index contributed by atoms with van der Waals surface area (Å²) in [7, 11) is 0. The van der Waals surface area contributed by atoms with Gasteiger partial charge in [0.2, 0.25) is 0 Å². The first-order valence-corrected chi connectivity index (χ1v) is 18.9. The third-order valence-electron chi connectivity index (χ3n) is 11.2. The second kappa shape index (κ2) is 11.9. The van der Waals surface area contributed by atoms with Gasteiger partial charge in [-0.3, -0.25) is 0 Å². The molecule has 260 valence electrons. The second-order valence-corrected chi connectivity index (χ2v) is 14.4. The minimum Gasteiger partial charge on any atom is -0.456 e. The summed E-state index contributed by atoms with van der Waals surface area (Å²) in [6, 6.07) is 64.3. The van der Waals surface area contributed by atoms with Crippen molar-refractivity contribution in [3.05, 3.63) is 182 Å². The van der Waals surface area contributed by atoms with Gasteiger partial charge in [-0.25, -0.2) is 4.98 Å². The minimum absolute atomic E-state index is 0.544. The Hall–Kier alpha value is -7.63. The van der Waals surface area contributed by atoms with Gasteiger partial charge in [-0.05, 0) is 97.0 Å². The van der Waals surface area contributed by atoms with E-state index in [1.165, 1.54) is 43.4 Å². The van der Waals surface area contributed by atoms with Gasteiger partial charge < -0.3 is 4.42 Å². The highest BCUT2D eigenvalue weighted by Crippen LogP contribution is 2.39. The predicted molar refractivity (Wildman–Crippen MR) is 230 cm³/mol. The largest absolute Gasteiger partial charge is 0.456 e. The van der Waals surface area contributed by atoms with Crippen LogP contribution in [0, 0.1) is 0 Å². The smallest absolute Gasteiger partial charge is 0.253 e. The van der Waals surface area contributed by atoms with Crippen LogP contribution in [0.3, 0.4) is 0 Å². The fourth-order valence-corrected chi connectivity index (χ4v) is 8.58. The van der Waals surface area contributed by atoms with E-state index in [1.54, 1.807) is 0 Å². The van der Waals surface area contributed by atoms with Crippen LogP contribution in [0.15, 0.2) is 186 Å². The second-order valence-electron chi connectivity index (χ2n) is 14.4. The van der Waals surface area contributed by atoms with E-state index in [1.807, 2.05) is 34.8 Å². The Labute approximate surface area is 320 Å². The number of furan rings is 1. The molecule has 0 N–H and O–H groups in total. The zero-order valence-corrected chi connectivity index (χ0v) is 30.0. The molecule has 0 amide bonds. The Morgan fingerprint density at radius 1 is 0.339 bits per heavy atom. The number of hydrogen-bond donors (Lipinski definition) is 0. The lowest BCUT2D eigenvalue weighted by Gasteiger charge is -2.12. The van der Waals surface area contributed by atoms with Crippen molar-refractivity contribution in [1.82, 2.24) is 19.6 Å². The molecule has 0 fully saturated rings. The first kappa shape index (κ1) is 30.8. The molecule has 0 unspecified atom stereocenters. The summed E-state index contributed by atoms with van der Waals surface area (Å²) < 4.78 is 8.10. The van der Waals surface area contributed by atoms with E-state index in [4.69, 9.17) is 19.5 Å². The molecule has 0 atom stereocenters. The van der Waals surface area contributed by atoms with Crippen LogP contribution in [-0.2, 0) is 0 Å². The monoisotopic (exact) mass is 714 g/mol. The topological polar surface area (TPSA) is 56.2 Å². The average molecular weight is 715 g/mol. The highest BCUT2D eigenvalue weighted by Gasteiger charge is 2.17. The zero-order chi connectivity index (χ0) is 36.7. The lowest BCUT2D eigenvalue weighted by Crippen LogP contribution is -1.97. The van der Waals surface area contributed by atoms with Gasteiger partial charge >= 0.3 is 0 Å². The number of fused-ring (bicyclic) bond motifs is 12. The molecule has 56 heavy (non-hydrogen) atoms. The quantitative estimate of drug-likeness (QED) is 0.170. The highest BCUT2D eigenvalue weighted by molar-refractivity contribution is 6.25. The van der Waals surface area contributed by atoms with Gasteiger partial charge in [-0.2, -0.15) is 9.50 Å². The molecule has 9 aromatic carbocycles. The summed E-state index contributed by atoms with van der Waals surface area (Å²) in [6.45, 7) is 0. The lowest BCUT2D eigenvalue weighted by molar-refractivity contribution is 0.669. The van der Waals surface area contributed by atoms with Crippen LogP contribution in [0.2, 0.25) is 0 Å². The Morgan fingerprint density at radius 2 is 0.857 bits per heavy atom. The van der Waals surface area contributed by atoms with Crippen LogP contribution in [0.5, 0.6) is 0 Å². The molecule has 0 saturated carbocycles. The van der Waals surface area contributed by atoms with E-state index >= 15 is 0 Å². The third kappa shape index (κ3) is 4.71. The van der Waals surface area contributed by atoms with Gasteiger partial charge in [-0.15, -0.1) is 5.10 Å². The van der Waals surface area contributed by atoms with Crippen molar-refractivity contribution < 1.29 is 4.42 Å². The molecule has 0 aliphatic carbocycles. The zero-order valence-electron chi connectivity index (χ0n) is 30.0. The van der Waals surface area contributed by atoms with Gasteiger partial charge in [0.15, 0.2) is 5.82 Å². The van der Waals surface area contributed by atoms with Crippen molar-refractivity contribution in [3.63, 3.8) is 0 Å². The highest BCUT2D eigenvalue weighted by atomic mass is 16.3. The van der Waals surface area contributed by atoms with Crippen LogP contribution in [0.1, 0.15) is 0 Å². The van der Waals surface area contributed by atoms with Gasteiger partial charge in [0.25, 0.3) is 5.78 Å². The normalized spacial score (nSPS) is 11.9. The molecule has 0 radical (unpaired) electrons. The Kier molecular flexibility index (Phi) is 6.56. The van der Waals surface area contributed by atoms with E-state index in [9.17, 15) is 0 Å². The van der Waals surface area contributed by atoms with E-state index < -0.39 is 0 Å². The number of benzene rings is 9. The summed E-state index contributed by atoms with van der Waals surface area (Å²) in [4.78, 5) is 10.1. The van der Waals surface area contributed by atoms with E-state index in [0.29, 0.717) is 11.6 Å². The van der Waals surface area contributed by atoms with Crippen LogP contribution >= 0.6 is 0 Å². The van der Waals surface area contributed by atoms with Gasteiger partial charge in [0.1, 0.15) is 11.2 Å². The summed E-state index contributed by atoms with van der Waals surface area (Å²) >= 11 is 0. The molecule has 3 aromatic heterocycles. The maximum atomic E-state index is 6.24. The maximum absolute atomic E-state index is 6.24. The number of hydrogen-bond acceptors (Lipinski definition) is 4. The van der Waals surface area contributed by atoms with Crippen molar-refractivity contribution in [2.45, 2.75) is 0 Å². The number of rotatable bonds is 4. The van der Waals surface area contributed by atoms with Crippen molar-refractivity contribution in [2.24, 2.45) is 0 Å². The van der Waals surface area contributed by atoms with E-state index in [-0.39, 0.29) is 0 Å². The summed E-state index contributed by atoms with van der Waals surface area (Å²) in [5, 5.41) is 15.9. The fraction of sp³-hybridized carbons (Fsp3) is 0. The van der Waals surface area contributed by atoms with Crippen LogP contribution in [0.4, 0.5) is 0 Å². The molecule has 0 aliphatic heterocycles. The molecular formula is C51H30N4O. The SMILES string of the molecule is c1cc(-c2cccc(-c3nc4nc(-c5ccc6c(c5)oc5ccccc56)c5ccccc5n4n3)c2)cc(-c2ccc3c4ccccc4c4ccccc4c3c2)c1. The van der Waals surface area contributed by atoms with Gasteiger partial charge in [0.05, 0.1) is 11.2 Å². The Bertz CT molecular complexity index is 3520. The summed E-state index contributed by atoms with van der Waals surface area (Å²) in [5.74, 6) is 1.17. The lowest BCUT2D eigenvalue weighted by atomic mass is 9.91. The van der Waals surface area contributed by atoms with E-state index in [2.05, 4.69) is 152 Å². The van der Waals surface area contributed by atoms with Crippen molar-refractivity contribution in [3.8, 4) is 44.9 Å². The third-order valence-corrected chi connectivity index (χ3v) is 11.2. The van der Waals surface area contributed by atoms with Gasteiger partial charge in [0, 0.05) is 27.3 Å². The fourth-order valence-electron chi connectivity index (χ4n) is 8.58. The minimum atomic E-state index is 0.544. The van der Waals surface area contributed by atoms with Crippen LogP contribution in [0.25, 0.3) is 116 Å². The standard InChI is InChI=1S/C51H30N4O/c1-2-17-39-37(15-1)38-16-3-4-18-40(38)45-29-34(23-25-41(39)45)32-12-9-11-31(27-32)33-13-10-14-36(28-33)50-53-51-52-49(44-20-5-7-21-46(44)55(51)54-50)35-24-26-43-42-19-6-8-22-47(42)56-48(43)30-35/h1-30H. The average Bonchev–Trinajstić information content (AvgIpc) is 3.88. The molecule has 0 saturated heterocycles. The first-order chi connectivity index (χ1) is 27.7.